The fourth-order valence-electron chi connectivity index (χ4n) is 1.78. The second-order valence-electron chi connectivity index (χ2n) is 4.57. The van der Waals surface area contributed by atoms with Gasteiger partial charge in [0.2, 0.25) is 5.91 Å². The number of ether oxygens (including phenoxy) is 1. The van der Waals surface area contributed by atoms with Gasteiger partial charge in [0.15, 0.2) is 0 Å². The number of methoxy groups -OCH3 is 1. The normalized spacial score (nSPS) is 11.6. The maximum atomic E-state index is 11.9. The zero-order valence-corrected chi connectivity index (χ0v) is 12.3. The van der Waals surface area contributed by atoms with Crippen LogP contribution in [0.5, 0.6) is 0 Å². The van der Waals surface area contributed by atoms with Crippen molar-refractivity contribution in [1.82, 2.24) is 10.3 Å². The number of rotatable bonds is 6. The van der Waals surface area contributed by atoms with E-state index in [9.17, 15) is 4.79 Å². The zero-order valence-electron chi connectivity index (χ0n) is 12.3. The molecule has 0 spiro atoms. The van der Waals surface area contributed by atoms with Gasteiger partial charge in [-0.25, -0.2) is 4.98 Å². The molecule has 1 atom stereocenters. The van der Waals surface area contributed by atoms with E-state index in [1.165, 1.54) is 0 Å². The quantitative estimate of drug-likeness (QED) is 0.761. The van der Waals surface area contributed by atoms with E-state index in [-0.39, 0.29) is 5.91 Å². The summed E-state index contributed by atoms with van der Waals surface area (Å²) in [5.74, 6) is 0.284. The minimum absolute atomic E-state index is 0.160. The topological polar surface area (TPSA) is 87.0 Å². The average Bonchev–Trinajstić information content (AvgIpc) is 2.38. The zero-order chi connectivity index (χ0) is 15.1. The Morgan fingerprint density at radius 2 is 2.25 bits per heavy atom. The van der Waals surface area contributed by atoms with Crippen LogP contribution in [0.3, 0.4) is 0 Å². The van der Waals surface area contributed by atoms with Crippen LogP contribution >= 0.6 is 0 Å². The number of nitriles is 1. The molecule has 1 aromatic heterocycles. The maximum absolute atomic E-state index is 11.9. The molecule has 108 valence electrons. The molecule has 0 fully saturated rings. The number of nitrogens with one attached hydrogen (secondary N) is 2. The molecule has 1 amide bonds. The third-order valence-corrected chi connectivity index (χ3v) is 2.81. The summed E-state index contributed by atoms with van der Waals surface area (Å²) in [7, 11) is 1.58. The third kappa shape index (κ3) is 4.21. The number of carbonyl (C=O) groups is 1. The maximum Gasteiger partial charge on any atom is 0.242 e. The molecule has 1 rings (SSSR count). The molecule has 1 aromatic rings. The molecule has 0 saturated heterocycles. The van der Waals surface area contributed by atoms with E-state index in [4.69, 9.17) is 10.00 Å². The highest BCUT2D eigenvalue weighted by Gasteiger charge is 2.16. The summed E-state index contributed by atoms with van der Waals surface area (Å²) in [5, 5.41) is 14.9. The van der Waals surface area contributed by atoms with E-state index < -0.39 is 6.04 Å². The highest BCUT2D eigenvalue weighted by Crippen LogP contribution is 2.18. The number of aromatic nitrogens is 1. The third-order valence-electron chi connectivity index (χ3n) is 2.81. The standard InChI is InChI=1S/C14H20N4O2/c1-9-7-10(2)17-13(12(9)8-15)18-11(3)14(19)16-5-6-20-4/h7,11H,5-6H2,1-4H3,(H,16,19)(H,17,18). The van der Waals surface area contributed by atoms with Crippen LogP contribution < -0.4 is 10.6 Å². The molecule has 6 nitrogen and oxygen atoms in total. The molecule has 20 heavy (non-hydrogen) atoms. The van der Waals surface area contributed by atoms with Gasteiger partial charge >= 0.3 is 0 Å². The molecule has 1 heterocycles. The second kappa shape index (κ2) is 7.46. The van der Waals surface area contributed by atoms with Crippen LogP contribution in [-0.4, -0.2) is 37.2 Å². The fourth-order valence-corrected chi connectivity index (χ4v) is 1.78. The molecule has 0 aromatic carbocycles. The number of nitrogens with zero attached hydrogens (tertiary/aromatic N) is 2. The van der Waals surface area contributed by atoms with Gasteiger partial charge in [-0.2, -0.15) is 5.26 Å². The number of aryl methyl sites for hydroxylation is 2. The fraction of sp³-hybridized carbons (Fsp3) is 0.500. The number of carbonyl (C=O) groups excluding carboxylic acids is 1. The van der Waals surface area contributed by atoms with Gasteiger partial charge in [0, 0.05) is 19.3 Å². The Labute approximate surface area is 119 Å². The lowest BCUT2D eigenvalue weighted by Gasteiger charge is -2.16. The van der Waals surface area contributed by atoms with Crippen LogP contribution in [0.15, 0.2) is 6.07 Å². The Morgan fingerprint density at radius 1 is 1.55 bits per heavy atom. The number of pyridine rings is 1. The van der Waals surface area contributed by atoms with Crippen LogP contribution in [0.1, 0.15) is 23.7 Å². The number of anilines is 1. The molecule has 0 radical (unpaired) electrons. The van der Waals surface area contributed by atoms with Gasteiger partial charge in [-0.15, -0.1) is 0 Å². The van der Waals surface area contributed by atoms with Gasteiger partial charge in [0.1, 0.15) is 17.9 Å². The van der Waals surface area contributed by atoms with E-state index >= 15 is 0 Å². The van der Waals surface area contributed by atoms with Gasteiger partial charge in [-0.1, -0.05) is 0 Å². The molecule has 0 saturated carbocycles. The average molecular weight is 276 g/mol. The monoisotopic (exact) mass is 276 g/mol. The van der Waals surface area contributed by atoms with Gasteiger partial charge in [-0.05, 0) is 32.4 Å². The number of amides is 1. The molecular weight excluding hydrogens is 256 g/mol. The lowest BCUT2D eigenvalue weighted by atomic mass is 10.1. The smallest absolute Gasteiger partial charge is 0.242 e. The summed E-state index contributed by atoms with van der Waals surface area (Å²) in [5.41, 5.74) is 2.11. The summed E-state index contributed by atoms with van der Waals surface area (Å²) < 4.78 is 4.87. The minimum atomic E-state index is -0.479. The van der Waals surface area contributed by atoms with Gasteiger partial charge < -0.3 is 15.4 Å². The summed E-state index contributed by atoms with van der Waals surface area (Å²) in [6, 6.07) is 3.47. The minimum Gasteiger partial charge on any atom is -0.383 e. The van der Waals surface area contributed by atoms with Crippen molar-refractivity contribution in [1.29, 1.82) is 5.26 Å². The first-order valence-electron chi connectivity index (χ1n) is 6.41. The van der Waals surface area contributed by atoms with Gasteiger partial charge in [0.25, 0.3) is 0 Å². The van der Waals surface area contributed by atoms with E-state index in [0.717, 1.165) is 11.3 Å². The summed E-state index contributed by atoms with van der Waals surface area (Å²) in [6.07, 6.45) is 0. The highest BCUT2D eigenvalue weighted by molar-refractivity contribution is 5.84. The van der Waals surface area contributed by atoms with Gasteiger partial charge in [-0.3, -0.25) is 4.79 Å². The van der Waals surface area contributed by atoms with Crippen LogP contribution in [0, 0.1) is 25.2 Å². The summed E-state index contributed by atoms with van der Waals surface area (Å²) in [4.78, 5) is 16.1. The Hall–Kier alpha value is -2.13. The molecule has 6 heteroatoms. The Balaban J connectivity index is 2.78. The van der Waals surface area contributed by atoms with E-state index in [0.29, 0.717) is 24.5 Å². The van der Waals surface area contributed by atoms with Crippen molar-refractivity contribution in [3.8, 4) is 6.07 Å². The van der Waals surface area contributed by atoms with E-state index in [2.05, 4.69) is 21.7 Å². The second-order valence-corrected chi connectivity index (χ2v) is 4.57. The molecule has 0 aliphatic heterocycles. The molecule has 0 aliphatic carbocycles. The Morgan fingerprint density at radius 3 is 2.85 bits per heavy atom. The largest absolute Gasteiger partial charge is 0.383 e. The van der Waals surface area contributed by atoms with E-state index in [1.54, 1.807) is 14.0 Å². The lowest BCUT2D eigenvalue weighted by Crippen LogP contribution is -2.39. The molecule has 2 N–H and O–H groups in total. The van der Waals surface area contributed by atoms with Crippen molar-refractivity contribution in [2.45, 2.75) is 26.8 Å². The van der Waals surface area contributed by atoms with Crippen LogP contribution in [0.2, 0.25) is 0 Å². The first-order valence-corrected chi connectivity index (χ1v) is 6.41. The van der Waals surface area contributed by atoms with Crippen LogP contribution in [0.25, 0.3) is 0 Å². The summed E-state index contributed by atoms with van der Waals surface area (Å²) in [6.45, 7) is 6.34. The predicted molar refractivity (Wildman–Crippen MR) is 76.4 cm³/mol. The van der Waals surface area contributed by atoms with E-state index in [1.807, 2.05) is 19.9 Å². The first kappa shape index (κ1) is 15.9. The Bertz CT molecular complexity index is 523. The SMILES string of the molecule is COCCNC(=O)C(C)Nc1nc(C)cc(C)c1C#N. The molecule has 0 bridgehead atoms. The summed E-state index contributed by atoms with van der Waals surface area (Å²) >= 11 is 0. The van der Waals surface area contributed by atoms with Crippen molar-refractivity contribution >= 4 is 11.7 Å². The van der Waals surface area contributed by atoms with Crippen LogP contribution in [-0.2, 0) is 9.53 Å². The van der Waals surface area contributed by atoms with Crippen LogP contribution in [0.4, 0.5) is 5.82 Å². The molecule has 1 unspecified atom stereocenters. The van der Waals surface area contributed by atoms with Crippen molar-refractivity contribution in [3.63, 3.8) is 0 Å². The van der Waals surface area contributed by atoms with Crippen molar-refractivity contribution < 1.29 is 9.53 Å². The van der Waals surface area contributed by atoms with Crippen molar-refractivity contribution in [2.24, 2.45) is 0 Å². The molecular formula is C14H20N4O2. The number of hydrogen-bond donors (Lipinski definition) is 2. The number of hydrogen-bond acceptors (Lipinski definition) is 5. The van der Waals surface area contributed by atoms with Gasteiger partial charge in [0.05, 0.1) is 12.2 Å². The highest BCUT2D eigenvalue weighted by atomic mass is 16.5. The predicted octanol–water partition coefficient (Wildman–Crippen LogP) is 1.13. The molecule has 0 aliphatic rings. The van der Waals surface area contributed by atoms with Crippen molar-refractivity contribution in [3.05, 3.63) is 22.9 Å². The van der Waals surface area contributed by atoms with Crippen molar-refractivity contribution in [2.75, 3.05) is 25.6 Å². The lowest BCUT2D eigenvalue weighted by molar-refractivity contribution is -0.121. The Kier molecular flexibility index (Phi) is 5.94. The first-order chi connectivity index (χ1) is 9.49.